The van der Waals surface area contributed by atoms with Gasteiger partial charge in [0.05, 0.1) is 36.9 Å². The number of carbonyl (C=O) groups excluding carboxylic acids is 1. The summed E-state index contributed by atoms with van der Waals surface area (Å²) in [5, 5.41) is 9.55. The lowest BCUT2D eigenvalue weighted by atomic mass is 9.81. The number of methoxy groups -OCH3 is 1. The van der Waals surface area contributed by atoms with Crippen LogP contribution in [0.5, 0.6) is 11.8 Å². The van der Waals surface area contributed by atoms with E-state index in [9.17, 15) is 10.1 Å². The lowest BCUT2D eigenvalue weighted by molar-refractivity contribution is -0.128. The third-order valence-corrected chi connectivity index (χ3v) is 9.92. The number of ether oxygens (including phenoxy) is 2. The van der Waals surface area contributed by atoms with Crippen molar-refractivity contribution in [1.29, 1.82) is 5.26 Å². The first kappa shape index (κ1) is 28.4. The molecule has 2 fully saturated rings. The number of nitrogens with zero attached hydrogens (tertiary/aromatic N) is 7. The molecule has 0 radical (unpaired) electrons. The predicted octanol–water partition coefficient (Wildman–Crippen LogP) is 2.90. The van der Waals surface area contributed by atoms with Gasteiger partial charge in [0, 0.05) is 44.2 Å². The van der Waals surface area contributed by atoms with Gasteiger partial charge in [-0.3, -0.25) is 9.69 Å². The number of anilines is 1. The molecule has 2 aromatic rings. The Balaban J connectivity index is 1.37. The van der Waals surface area contributed by atoms with Gasteiger partial charge in [-0.05, 0) is 69.6 Å². The minimum atomic E-state index is -0.238. The number of likely N-dealkylation sites (N-methyl/N-ethyl adjacent to an activating group) is 2. The van der Waals surface area contributed by atoms with Gasteiger partial charge in [-0.2, -0.15) is 15.2 Å². The van der Waals surface area contributed by atoms with Crippen LogP contribution in [0.4, 0.5) is 5.82 Å². The van der Waals surface area contributed by atoms with Gasteiger partial charge in [0.15, 0.2) is 0 Å². The van der Waals surface area contributed by atoms with Gasteiger partial charge in [-0.15, -0.1) is 0 Å². The van der Waals surface area contributed by atoms with Crippen LogP contribution in [0.2, 0.25) is 0 Å². The number of hydrogen-bond donors (Lipinski definition) is 0. The van der Waals surface area contributed by atoms with E-state index in [-0.39, 0.29) is 23.9 Å². The molecular formula is C32H41N7O3. The van der Waals surface area contributed by atoms with Gasteiger partial charge in [0.25, 0.3) is 0 Å². The van der Waals surface area contributed by atoms with E-state index in [2.05, 4.69) is 59.6 Å². The standard InChI is InChI=1S/C32H41N7O3/c1-5-29(40)39-17-16-38(19-22(39)12-14-33)30-25-20-37(3)32(13-11-24-26(32)9-6-10-28(24)41-4)18-27(25)34-31(35-30)42-21-23-8-7-15-36(23)2/h5-6,9-10,22-23H,1,7-8,11-13,15-21H2,2-4H3/t22-,23-,32?/m0/s1. The molecule has 4 heterocycles. The van der Waals surface area contributed by atoms with Gasteiger partial charge in [-0.25, -0.2) is 0 Å². The van der Waals surface area contributed by atoms with Gasteiger partial charge < -0.3 is 24.2 Å². The molecule has 3 aliphatic heterocycles. The summed E-state index contributed by atoms with van der Waals surface area (Å²) in [4.78, 5) is 31.4. The van der Waals surface area contributed by atoms with E-state index in [1.54, 1.807) is 12.0 Å². The SMILES string of the molecule is C=CC(=O)N1CCN(c2nc(OC[C@@H]3CCCN3C)nc3c2CN(C)C2(CCc4c(OC)cccc42)C3)C[C@@H]1CC#N. The van der Waals surface area contributed by atoms with E-state index in [1.165, 1.54) is 23.6 Å². The second-order valence-corrected chi connectivity index (χ2v) is 12.1. The summed E-state index contributed by atoms with van der Waals surface area (Å²) in [6.45, 7) is 7.64. The summed E-state index contributed by atoms with van der Waals surface area (Å²) >= 11 is 0. The molecule has 1 aromatic carbocycles. The predicted molar refractivity (Wildman–Crippen MR) is 159 cm³/mol. The molecule has 0 N–H and O–H groups in total. The van der Waals surface area contributed by atoms with E-state index >= 15 is 0 Å². The molecule has 1 amide bonds. The maximum Gasteiger partial charge on any atom is 0.318 e. The highest BCUT2D eigenvalue weighted by Crippen LogP contribution is 2.50. The summed E-state index contributed by atoms with van der Waals surface area (Å²) in [6, 6.07) is 9.18. The summed E-state index contributed by atoms with van der Waals surface area (Å²) in [5.41, 5.74) is 4.54. The molecular weight excluding hydrogens is 530 g/mol. The van der Waals surface area contributed by atoms with Crippen molar-refractivity contribution >= 4 is 11.7 Å². The first-order valence-electron chi connectivity index (χ1n) is 15.0. The van der Waals surface area contributed by atoms with Crippen molar-refractivity contribution < 1.29 is 14.3 Å². The number of fused-ring (bicyclic) bond motifs is 3. The minimum absolute atomic E-state index is 0.138. The first-order chi connectivity index (χ1) is 20.4. The third kappa shape index (κ3) is 4.88. The summed E-state index contributed by atoms with van der Waals surface area (Å²) in [7, 11) is 6.08. The Hall–Kier alpha value is -3.68. The Bertz CT molecular complexity index is 1410. The number of carbonyl (C=O) groups is 1. The first-order valence-corrected chi connectivity index (χ1v) is 15.0. The zero-order valence-corrected chi connectivity index (χ0v) is 25.0. The van der Waals surface area contributed by atoms with E-state index in [0.717, 1.165) is 55.1 Å². The van der Waals surface area contributed by atoms with Crippen LogP contribution in [0.15, 0.2) is 30.9 Å². The topological polar surface area (TPSA) is 98.1 Å². The van der Waals surface area contributed by atoms with Crippen LogP contribution in [-0.4, -0.2) is 96.6 Å². The van der Waals surface area contributed by atoms with Crippen molar-refractivity contribution in [3.63, 3.8) is 0 Å². The largest absolute Gasteiger partial charge is 0.496 e. The fraction of sp³-hybridized carbons (Fsp3) is 0.562. The number of hydrogen-bond acceptors (Lipinski definition) is 9. The fourth-order valence-electron chi connectivity index (χ4n) is 7.52. The Morgan fingerprint density at radius 3 is 2.81 bits per heavy atom. The van der Waals surface area contributed by atoms with Gasteiger partial charge >= 0.3 is 6.01 Å². The highest BCUT2D eigenvalue weighted by molar-refractivity contribution is 5.87. The molecule has 6 rings (SSSR count). The fourth-order valence-corrected chi connectivity index (χ4v) is 7.52. The number of rotatable bonds is 7. The molecule has 10 nitrogen and oxygen atoms in total. The molecule has 3 atom stereocenters. The third-order valence-electron chi connectivity index (χ3n) is 9.92. The Labute approximate surface area is 248 Å². The molecule has 4 aliphatic rings. The monoisotopic (exact) mass is 571 g/mol. The Kier molecular flexibility index (Phi) is 7.81. The number of nitriles is 1. The van der Waals surface area contributed by atoms with Crippen molar-refractivity contribution in [2.75, 3.05) is 58.9 Å². The second-order valence-electron chi connectivity index (χ2n) is 12.1. The van der Waals surface area contributed by atoms with Crippen molar-refractivity contribution in [2.45, 2.75) is 62.7 Å². The molecule has 1 aliphatic carbocycles. The quantitative estimate of drug-likeness (QED) is 0.465. The molecule has 222 valence electrons. The molecule has 10 heteroatoms. The zero-order chi connectivity index (χ0) is 29.4. The minimum Gasteiger partial charge on any atom is -0.496 e. The number of aromatic nitrogens is 2. The maximum absolute atomic E-state index is 12.6. The Morgan fingerprint density at radius 2 is 2.07 bits per heavy atom. The molecule has 0 saturated carbocycles. The highest BCUT2D eigenvalue weighted by atomic mass is 16.5. The lowest BCUT2D eigenvalue weighted by Crippen LogP contribution is -2.55. The van der Waals surface area contributed by atoms with Crippen molar-refractivity contribution in [1.82, 2.24) is 24.7 Å². The number of amides is 1. The maximum atomic E-state index is 12.6. The van der Waals surface area contributed by atoms with Crippen LogP contribution < -0.4 is 14.4 Å². The second kappa shape index (κ2) is 11.5. The van der Waals surface area contributed by atoms with E-state index in [0.29, 0.717) is 44.8 Å². The van der Waals surface area contributed by atoms with E-state index in [4.69, 9.17) is 19.4 Å². The number of piperazine rings is 1. The number of benzene rings is 1. The molecule has 42 heavy (non-hydrogen) atoms. The smallest absolute Gasteiger partial charge is 0.318 e. The summed E-state index contributed by atoms with van der Waals surface area (Å²) in [5.74, 6) is 1.67. The molecule has 2 saturated heterocycles. The zero-order valence-electron chi connectivity index (χ0n) is 25.0. The normalized spacial score (nSPS) is 25.7. The molecule has 1 spiro atoms. The molecule has 0 bridgehead atoms. The Morgan fingerprint density at radius 1 is 1.21 bits per heavy atom. The average molecular weight is 572 g/mol. The van der Waals surface area contributed by atoms with Crippen molar-refractivity contribution in [3.8, 4) is 17.8 Å². The van der Waals surface area contributed by atoms with Crippen LogP contribution >= 0.6 is 0 Å². The summed E-state index contributed by atoms with van der Waals surface area (Å²) in [6.07, 6.45) is 6.58. The van der Waals surface area contributed by atoms with Crippen molar-refractivity contribution in [2.24, 2.45) is 0 Å². The van der Waals surface area contributed by atoms with Gasteiger partial charge in [0.2, 0.25) is 5.91 Å². The van der Waals surface area contributed by atoms with Crippen LogP contribution in [0.1, 0.15) is 48.1 Å². The van der Waals surface area contributed by atoms with E-state index < -0.39 is 0 Å². The summed E-state index contributed by atoms with van der Waals surface area (Å²) < 4.78 is 12.1. The van der Waals surface area contributed by atoms with Crippen molar-refractivity contribution in [3.05, 3.63) is 53.2 Å². The molecule has 1 aromatic heterocycles. The van der Waals surface area contributed by atoms with Gasteiger partial charge in [-0.1, -0.05) is 18.7 Å². The molecule has 1 unspecified atom stereocenters. The highest BCUT2D eigenvalue weighted by Gasteiger charge is 2.47. The number of likely N-dealkylation sites (tertiary alicyclic amines) is 1. The lowest BCUT2D eigenvalue weighted by Gasteiger charge is -2.46. The van der Waals surface area contributed by atoms with Crippen LogP contribution in [-0.2, 0) is 29.7 Å². The van der Waals surface area contributed by atoms with Crippen LogP contribution in [0.25, 0.3) is 0 Å². The van der Waals surface area contributed by atoms with Crippen LogP contribution in [0.3, 0.4) is 0 Å². The van der Waals surface area contributed by atoms with Crippen LogP contribution in [0, 0.1) is 11.3 Å². The van der Waals surface area contributed by atoms with E-state index in [1.807, 2.05) is 0 Å². The van der Waals surface area contributed by atoms with Gasteiger partial charge in [0.1, 0.15) is 18.2 Å². The average Bonchev–Trinajstić information content (AvgIpc) is 3.59.